The van der Waals surface area contributed by atoms with E-state index in [0.29, 0.717) is 21.9 Å². The first-order valence-electron chi connectivity index (χ1n) is 6.57. The lowest BCUT2D eigenvalue weighted by Gasteiger charge is -2.11. The molecule has 0 atom stereocenters. The molecule has 104 valence electrons. The summed E-state index contributed by atoms with van der Waals surface area (Å²) in [4.78, 5) is 23.2. The van der Waals surface area contributed by atoms with Crippen molar-refractivity contribution in [2.24, 2.45) is 0 Å². The maximum atomic E-state index is 12.9. The minimum absolute atomic E-state index is 0.219. The van der Waals surface area contributed by atoms with Gasteiger partial charge in [-0.3, -0.25) is 4.79 Å². The zero-order chi connectivity index (χ0) is 14.1. The molecule has 1 fully saturated rings. The molecule has 0 spiro atoms. The predicted octanol–water partition coefficient (Wildman–Crippen LogP) is 3.39. The van der Waals surface area contributed by atoms with Gasteiger partial charge in [-0.1, -0.05) is 12.8 Å². The Morgan fingerprint density at radius 2 is 2.05 bits per heavy atom. The number of hydrogen-bond acceptors (Lipinski definition) is 3. The van der Waals surface area contributed by atoms with Crippen molar-refractivity contribution in [3.8, 4) is 11.5 Å². The molecule has 1 saturated carbocycles. The largest absolute Gasteiger partial charge is 0.304 e. The summed E-state index contributed by atoms with van der Waals surface area (Å²) >= 11 is 3.32. The Labute approximate surface area is 123 Å². The van der Waals surface area contributed by atoms with Crippen molar-refractivity contribution in [2.45, 2.75) is 31.6 Å². The van der Waals surface area contributed by atoms with Gasteiger partial charge in [0.25, 0.3) is 5.56 Å². The second-order valence-electron chi connectivity index (χ2n) is 4.96. The lowest BCUT2D eigenvalue weighted by Crippen LogP contribution is -2.15. The smallest absolute Gasteiger partial charge is 0.265 e. The molecule has 0 saturated heterocycles. The second-order valence-corrected chi connectivity index (χ2v) is 5.75. The molecule has 0 bridgehead atoms. The van der Waals surface area contributed by atoms with Gasteiger partial charge in [0.1, 0.15) is 16.0 Å². The van der Waals surface area contributed by atoms with Gasteiger partial charge in [0.2, 0.25) is 0 Å². The van der Waals surface area contributed by atoms with Gasteiger partial charge in [-0.15, -0.1) is 0 Å². The first kappa shape index (κ1) is 13.4. The maximum absolute atomic E-state index is 12.9. The van der Waals surface area contributed by atoms with E-state index in [1.165, 1.54) is 12.1 Å². The number of halogens is 2. The maximum Gasteiger partial charge on any atom is 0.265 e. The summed E-state index contributed by atoms with van der Waals surface area (Å²) in [5, 5.41) is 0. The molecule has 2 aromatic heterocycles. The van der Waals surface area contributed by atoms with Crippen molar-refractivity contribution >= 4 is 15.9 Å². The normalized spacial score (nSPS) is 15.7. The molecule has 0 aromatic carbocycles. The van der Waals surface area contributed by atoms with Gasteiger partial charge in [0.15, 0.2) is 5.82 Å². The fourth-order valence-electron chi connectivity index (χ4n) is 2.58. The lowest BCUT2D eigenvalue weighted by atomic mass is 10.0. The van der Waals surface area contributed by atoms with Crippen molar-refractivity contribution in [1.29, 1.82) is 0 Å². The van der Waals surface area contributed by atoms with E-state index in [2.05, 4.69) is 30.9 Å². The van der Waals surface area contributed by atoms with Crippen LogP contribution in [0.2, 0.25) is 0 Å². The van der Waals surface area contributed by atoms with Crippen LogP contribution in [0.25, 0.3) is 11.5 Å². The van der Waals surface area contributed by atoms with Gasteiger partial charge in [0.05, 0.1) is 11.9 Å². The summed E-state index contributed by atoms with van der Waals surface area (Å²) in [5.74, 6) is 0.287. The highest BCUT2D eigenvalue weighted by Gasteiger charge is 2.23. The summed E-state index contributed by atoms with van der Waals surface area (Å²) in [6.07, 6.45) is 5.54. The van der Waals surface area contributed by atoms with E-state index in [1.54, 1.807) is 0 Å². The number of nitrogens with one attached hydrogen (secondary N) is 1. The highest BCUT2D eigenvalue weighted by atomic mass is 79.9. The fourth-order valence-corrected chi connectivity index (χ4v) is 3.09. The van der Waals surface area contributed by atoms with Crippen LogP contribution in [0.3, 0.4) is 0 Å². The Hall–Kier alpha value is -1.56. The molecule has 0 amide bonds. The number of pyridine rings is 1. The third-order valence-electron chi connectivity index (χ3n) is 3.60. The number of H-pyrrole nitrogens is 1. The van der Waals surface area contributed by atoms with E-state index in [-0.39, 0.29) is 5.56 Å². The quantitative estimate of drug-likeness (QED) is 0.913. The first-order valence-corrected chi connectivity index (χ1v) is 7.36. The second kappa shape index (κ2) is 5.44. The molecule has 3 rings (SSSR count). The van der Waals surface area contributed by atoms with Crippen LogP contribution in [0.4, 0.5) is 4.39 Å². The van der Waals surface area contributed by atoms with Crippen LogP contribution >= 0.6 is 15.9 Å². The minimum atomic E-state index is -0.413. The number of aromatic nitrogens is 3. The Balaban J connectivity index is 2.08. The van der Waals surface area contributed by atoms with Crippen molar-refractivity contribution < 1.29 is 4.39 Å². The molecule has 1 aliphatic carbocycles. The Bertz CT molecular complexity index is 678. The molecule has 4 nitrogen and oxygen atoms in total. The van der Waals surface area contributed by atoms with Crippen molar-refractivity contribution in [1.82, 2.24) is 15.0 Å². The van der Waals surface area contributed by atoms with Crippen LogP contribution in [0, 0.1) is 5.82 Å². The number of aromatic amines is 1. The Kier molecular flexibility index (Phi) is 3.65. The third-order valence-corrected chi connectivity index (χ3v) is 4.37. The Morgan fingerprint density at radius 1 is 1.30 bits per heavy atom. The fraction of sp³-hybridized carbons (Fsp3) is 0.357. The number of rotatable bonds is 2. The summed E-state index contributed by atoms with van der Waals surface area (Å²) in [6, 6.07) is 2.82. The van der Waals surface area contributed by atoms with Gasteiger partial charge in [-0.25, -0.2) is 14.4 Å². The van der Waals surface area contributed by atoms with Crippen LogP contribution in [-0.4, -0.2) is 15.0 Å². The molecule has 2 aromatic rings. The molecule has 0 unspecified atom stereocenters. The molecular weight excluding hydrogens is 325 g/mol. The lowest BCUT2D eigenvalue weighted by molar-refractivity contribution is 0.621. The topological polar surface area (TPSA) is 58.6 Å². The molecule has 0 aliphatic heterocycles. The number of hydrogen-bond donors (Lipinski definition) is 1. The van der Waals surface area contributed by atoms with E-state index in [9.17, 15) is 9.18 Å². The van der Waals surface area contributed by atoms with Gasteiger partial charge in [0, 0.05) is 5.92 Å². The van der Waals surface area contributed by atoms with Crippen LogP contribution in [0.1, 0.15) is 37.3 Å². The zero-order valence-corrected chi connectivity index (χ0v) is 12.3. The highest BCUT2D eigenvalue weighted by molar-refractivity contribution is 9.10. The minimum Gasteiger partial charge on any atom is -0.304 e. The van der Waals surface area contributed by atoms with Crippen LogP contribution in [-0.2, 0) is 0 Å². The molecule has 20 heavy (non-hydrogen) atoms. The van der Waals surface area contributed by atoms with E-state index in [0.717, 1.165) is 37.6 Å². The molecule has 0 radical (unpaired) electrons. The Morgan fingerprint density at radius 3 is 2.70 bits per heavy atom. The van der Waals surface area contributed by atoms with Crippen LogP contribution < -0.4 is 5.56 Å². The van der Waals surface area contributed by atoms with Crippen molar-refractivity contribution in [3.63, 3.8) is 0 Å². The zero-order valence-electron chi connectivity index (χ0n) is 10.7. The summed E-state index contributed by atoms with van der Waals surface area (Å²) in [5.41, 5.74) is 1.03. The van der Waals surface area contributed by atoms with Crippen molar-refractivity contribution in [2.75, 3.05) is 0 Å². The number of nitrogens with zero attached hydrogens (tertiary/aromatic N) is 2. The van der Waals surface area contributed by atoms with Crippen molar-refractivity contribution in [3.05, 3.63) is 44.7 Å². The summed E-state index contributed by atoms with van der Waals surface area (Å²) in [6.45, 7) is 0. The predicted molar refractivity (Wildman–Crippen MR) is 77.0 cm³/mol. The first-order chi connectivity index (χ1) is 9.65. The van der Waals surface area contributed by atoms with Crippen LogP contribution in [0.5, 0.6) is 0 Å². The highest BCUT2D eigenvalue weighted by Crippen LogP contribution is 2.35. The van der Waals surface area contributed by atoms with Gasteiger partial charge in [-0.05, 0) is 40.9 Å². The summed E-state index contributed by atoms with van der Waals surface area (Å²) in [7, 11) is 0. The molecule has 6 heteroatoms. The van der Waals surface area contributed by atoms with Gasteiger partial charge < -0.3 is 4.98 Å². The molecular formula is C14H13BrFN3O. The average molecular weight is 338 g/mol. The van der Waals surface area contributed by atoms with E-state index in [1.807, 2.05) is 0 Å². The molecule has 2 heterocycles. The molecule has 1 aliphatic rings. The molecule has 1 N–H and O–H groups in total. The average Bonchev–Trinajstić information content (AvgIpc) is 2.96. The van der Waals surface area contributed by atoms with Gasteiger partial charge >= 0.3 is 0 Å². The third kappa shape index (κ3) is 2.52. The summed E-state index contributed by atoms with van der Waals surface area (Å²) < 4.78 is 13.4. The van der Waals surface area contributed by atoms with E-state index in [4.69, 9.17) is 0 Å². The van der Waals surface area contributed by atoms with E-state index >= 15 is 0 Å². The standard InChI is InChI=1S/C14H13BrFN3O/c15-11-12(8-3-1-2-4-8)18-13(19-14(11)20)10-6-5-9(16)7-17-10/h5-8H,1-4H2,(H,18,19,20). The monoisotopic (exact) mass is 337 g/mol. The van der Waals surface area contributed by atoms with E-state index < -0.39 is 5.82 Å². The van der Waals surface area contributed by atoms with Gasteiger partial charge in [-0.2, -0.15) is 0 Å². The van der Waals surface area contributed by atoms with Crippen LogP contribution in [0.15, 0.2) is 27.6 Å². The SMILES string of the molecule is O=c1[nH]c(-c2ccc(F)cn2)nc(C2CCCC2)c1Br.